The molecule has 0 heterocycles. The summed E-state index contributed by atoms with van der Waals surface area (Å²) in [5.41, 5.74) is 0.680. The summed E-state index contributed by atoms with van der Waals surface area (Å²) >= 11 is 2.11. The molecule has 0 bridgehead atoms. The number of rotatable bonds is 5. The lowest BCUT2D eigenvalue weighted by molar-refractivity contribution is 0.441. The van der Waals surface area contributed by atoms with Crippen LogP contribution in [0.15, 0.2) is 18.2 Å². The molecule has 1 rings (SSSR count). The van der Waals surface area contributed by atoms with Crippen LogP contribution in [0.4, 0.5) is 10.1 Å². The van der Waals surface area contributed by atoms with Gasteiger partial charge in [0.25, 0.3) is 0 Å². The predicted molar refractivity (Wildman–Crippen MR) is 76.2 cm³/mol. The second kappa shape index (κ2) is 6.20. The Balaban J connectivity index is 2.39. The van der Waals surface area contributed by atoms with E-state index in [-0.39, 0.29) is 11.2 Å². The molecule has 1 aromatic rings. The highest BCUT2D eigenvalue weighted by molar-refractivity contribution is 14.1. The zero-order chi connectivity index (χ0) is 12.9. The highest BCUT2D eigenvalue weighted by Crippen LogP contribution is 2.22. The molecule has 0 aliphatic heterocycles. The van der Waals surface area contributed by atoms with Gasteiger partial charge in [0.1, 0.15) is 5.82 Å². The number of nitriles is 1. The molecule has 0 unspecified atom stereocenters. The molecule has 1 N–H and O–H groups in total. The molecule has 0 aromatic heterocycles. The van der Waals surface area contributed by atoms with Crippen molar-refractivity contribution in [2.75, 3.05) is 11.9 Å². The molecule has 0 saturated carbocycles. The van der Waals surface area contributed by atoms with Gasteiger partial charge in [0, 0.05) is 15.8 Å². The molecular formula is C13H16FIN2. The number of benzene rings is 1. The van der Waals surface area contributed by atoms with E-state index >= 15 is 0 Å². The summed E-state index contributed by atoms with van der Waals surface area (Å²) in [7, 11) is 0. The quantitative estimate of drug-likeness (QED) is 0.642. The van der Waals surface area contributed by atoms with E-state index in [4.69, 9.17) is 5.26 Å². The molecule has 92 valence electrons. The summed E-state index contributed by atoms with van der Waals surface area (Å²) < 4.78 is 13.7. The fourth-order valence-electron chi connectivity index (χ4n) is 1.44. The van der Waals surface area contributed by atoms with Crippen molar-refractivity contribution in [3.8, 4) is 6.07 Å². The third-order valence-corrected chi connectivity index (χ3v) is 3.42. The van der Waals surface area contributed by atoms with Gasteiger partial charge in [0.2, 0.25) is 0 Å². The summed E-state index contributed by atoms with van der Waals surface area (Å²) in [5.74, 6) is -0.217. The Kier molecular flexibility index (Phi) is 5.19. The van der Waals surface area contributed by atoms with E-state index in [1.54, 1.807) is 6.07 Å². The highest BCUT2D eigenvalue weighted by Gasteiger charge is 2.15. The molecule has 0 aliphatic carbocycles. The van der Waals surface area contributed by atoms with Crippen molar-refractivity contribution in [3.05, 3.63) is 27.6 Å². The maximum Gasteiger partial charge on any atom is 0.124 e. The molecule has 0 atom stereocenters. The predicted octanol–water partition coefficient (Wildman–Crippen LogP) is 4.17. The highest BCUT2D eigenvalue weighted by atomic mass is 127. The van der Waals surface area contributed by atoms with Gasteiger partial charge in [-0.2, -0.15) is 5.26 Å². The van der Waals surface area contributed by atoms with Gasteiger partial charge in [0.15, 0.2) is 0 Å². The Morgan fingerprint density at radius 1 is 1.47 bits per heavy atom. The molecule has 0 spiro atoms. The van der Waals surface area contributed by atoms with E-state index in [1.165, 1.54) is 12.1 Å². The smallest absolute Gasteiger partial charge is 0.124 e. The van der Waals surface area contributed by atoms with E-state index in [1.807, 2.05) is 13.8 Å². The fourth-order valence-corrected chi connectivity index (χ4v) is 2.11. The van der Waals surface area contributed by atoms with E-state index in [9.17, 15) is 4.39 Å². The Hall–Kier alpha value is -0.830. The van der Waals surface area contributed by atoms with Gasteiger partial charge < -0.3 is 5.32 Å². The zero-order valence-electron chi connectivity index (χ0n) is 10.1. The van der Waals surface area contributed by atoms with E-state index in [0.29, 0.717) is 0 Å². The molecule has 0 radical (unpaired) electrons. The van der Waals surface area contributed by atoms with Crippen LogP contribution in [-0.4, -0.2) is 6.54 Å². The molecule has 0 fully saturated rings. The van der Waals surface area contributed by atoms with Crippen molar-refractivity contribution >= 4 is 28.3 Å². The maximum atomic E-state index is 12.9. The first kappa shape index (κ1) is 14.2. The molecule has 0 saturated heterocycles. The van der Waals surface area contributed by atoms with Crippen molar-refractivity contribution in [1.29, 1.82) is 5.26 Å². The van der Waals surface area contributed by atoms with Crippen LogP contribution < -0.4 is 5.32 Å². The van der Waals surface area contributed by atoms with Crippen LogP contribution in [0.3, 0.4) is 0 Å². The molecule has 1 aromatic carbocycles. The fraction of sp³-hybridized carbons (Fsp3) is 0.462. The molecular weight excluding hydrogens is 330 g/mol. The van der Waals surface area contributed by atoms with Crippen molar-refractivity contribution in [3.63, 3.8) is 0 Å². The number of halogens is 2. The Morgan fingerprint density at radius 3 is 2.76 bits per heavy atom. The van der Waals surface area contributed by atoms with Crippen molar-refractivity contribution in [1.82, 2.24) is 0 Å². The van der Waals surface area contributed by atoms with Crippen LogP contribution in [0.1, 0.15) is 26.7 Å². The minimum atomic E-state index is -0.266. The van der Waals surface area contributed by atoms with Crippen molar-refractivity contribution in [2.24, 2.45) is 5.41 Å². The minimum absolute atomic E-state index is 0.217. The maximum absolute atomic E-state index is 12.9. The third-order valence-electron chi connectivity index (χ3n) is 2.53. The molecule has 4 heteroatoms. The third kappa shape index (κ3) is 4.90. The van der Waals surface area contributed by atoms with Crippen molar-refractivity contribution in [2.45, 2.75) is 26.7 Å². The summed E-state index contributed by atoms with van der Waals surface area (Å²) in [6, 6.07) is 6.97. The Bertz CT molecular complexity index is 424. The SMILES string of the molecule is CC(C)(C#N)CCCNc1ccc(F)cc1I. The van der Waals surface area contributed by atoms with Gasteiger partial charge in [-0.3, -0.25) is 0 Å². The lowest BCUT2D eigenvalue weighted by Gasteiger charge is -2.15. The first-order valence-corrected chi connectivity index (χ1v) is 6.63. The summed E-state index contributed by atoms with van der Waals surface area (Å²) in [6.45, 7) is 4.68. The summed E-state index contributed by atoms with van der Waals surface area (Å²) in [6.07, 6.45) is 1.78. The van der Waals surface area contributed by atoms with Crippen LogP contribution >= 0.6 is 22.6 Å². The number of nitrogens with zero attached hydrogens (tertiary/aromatic N) is 1. The normalized spacial score (nSPS) is 11.0. The minimum Gasteiger partial charge on any atom is -0.384 e. The van der Waals surface area contributed by atoms with E-state index in [0.717, 1.165) is 28.6 Å². The van der Waals surface area contributed by atoms with Crippen LogP contribution in [0.2, 0.25) is 0 Å². The number of hydrogen-bond donors (Lipinski definition) is 1. The average molecular weight is 346 g/mol. The van der Waals surface area contributed by atoms with Gasteiger partial charge in [0.05, 0.1) is 11.5 Å². The van der Waals surface area contributed by atoms with Crippen molar-refractivity contribution < 1.29 is 4.39 Å². The van der Waals surface area contributed by atoms with Gasteiger partial charge in [-0.15, -0.1) is 0 Å². The van der Waals surface area contributed by atoms with Gasteiger partial charge in [-0.05, 0) is 67.5 Å². The standard InChI is InChI=1S/C13H16FIN2/c1-13(2,9-16)6-3-7-17-12-5-4-10(14)8-11(12)15/h4-5,8,17H,3,6-7H2,1-2H3. The van der Waals surface area contributed by atoms with Gasteiger partial charge >= 0.3 is 0 Å². The first-order valence-electron chi connectivity index (χ1n) is 5.55. The summed E-state index contributed by atoms with van der Waals surface area (Å²) in [5, 5.41) is 12.1. The second-order valence-corrected chi connectivity index (χ2v) is 5.81. The topological polar surface area (TPSA) is 35.8 Å². The molecule has 0 amide bonds. The second-order valence-electron chi connectivity index (χ2n) is 4.65. The molecule has 17 heavy (non-hydrogen) atoms. The van der Waals surface area contributed by atoms with Gasteiger partial charge in [-0.1, -0.05) is 0 Å². The Morgan fingerprint density at radius 2 is 2.18 bits per heavy atom. The van der Waals surface area contributed by atoms with Crippen LogP contribution in [0, 0.1) is 26.1 Å². The molecule has 0 aliphatic rings. The van der Waals surface area contributed by atoms with E-state index in [2.05, 4.69) is 34.0 Å². The Labute approximate surface area is 115 Å². The van der Waals surface area contributed by atoms with Crippen LogP contribution in [0.5, 0.6) is 0 Å². The molecule has 2 nitrogen and oxygen atoms in total. The summed E-state index contributed by atoms with van der Waals surface area (Å²) in [4.78, 5) is 0. The zero-order valence-corrected chi connectivity index (χ0v) is 12.2. The lowest BCUT2D eigenvalue weighted by Crippen LogP contribution is -2.11. The monoisotopic (exact) mass is 346 g/mol. The van der Waals surface area contributed by atoms with Crippen LogP contribution in [0.25, 0.3) is 0 Å². The first-order chi connectivity index (χ1) is 7.94. The largest absolute Gasteiger partial charge is 0.384 e. The van der Waals surface area contributed by atoms with Crippen LogP contribution in [-0.2, 0) is 0 Å². The number of hydrogen-bond acceptors (Lipinski definition) is 2. The number of anilines is 1. The van der Waals surface area contributed by atoms with E-state index < -0.39 is 0 Å². The lowest BCUT2D eigenvalue weighted by atomic mass is 9.90. The average Bonchev–Trinajstić information content (AvgIpc) is 2.27. The van der Waals surface area contributed by atoms with Gasteiger partial charge in [-0.25, -0.2) is 4.39 Å². The number of nitrogens with one attached hydrogen (secondary N) is 1.